The molecular formula is C12H19NO3. The normalized spacial score (nSPS) is 14.6. The van der Waals surface area contributed by atoms with E-state index in [-0.39, 0.29) is 0 Å². The van der Waals surface area contributed by atoms with Crippen LogP contribution in [0.15, 0.2) is 18.2 Å². The van der Waals surface area contributed by atoms with Gasteiger partial charge in [0.1, 0.15) is 11.9 Å². The van der Waals surface area contributed by atoms with Crippen molar-refractivity contribution in [2.75, 3.05) is 20.7 Å². The summed E-state index contributed by atoms with van der Waals surface area (Å²) in [7, 11) is 3.33. The van der Waals surface area contributed by atoms with Crippen LogP contribution in [0.4, 0.5) is 0 Å². The van der Waals surface area contributed by atoms with E-state index in [4.69, 9.17) is 4.74 Å². The van der Waals surface area contributed by atoms with Crippen LogP contribution in [0, 0.1) is 6.92 Å². The number of rotatable bonds is 5. The maximum atomic E-state index is 9.93. The molecule has 2 atom stereocenters. The molecule has 16 heavy (non-hydrogen) atoms. The lowest BCUT2D eigenvalue weighted by Crippen LogP contribution is -2.29. The standard InChI is InChI=1S/C12H19NO3/c1-8-6-9(16-3)4-5-10(8)12(15)11(14)7-13-2/h4-6,11-15H,7H2,1-3H3. The predicted octanol–water partition coefficient (Wildman–Crippen LogP) is 0.617. The van der Waals surface area contributed by atoms with Crippen LogP contribution in [0.25, 0.3) is 0 Å². The van der Waals surface area contributed by atoms with Crippen molar-refractivity contribution >= 4 is 0 Å². The first kappa shape index (κ1) is 13.0. The first-order chi connectivity index (χ1) is 7.60. The molecule has 0 aliphatic heterocycles. The molecule has 0 bridgehead atoms. The van der Waals surface area contributed by atoms with Crippen LogP contribution >= 0.6 is 0 Å². The zero-order chi connectivity index (χ0) is 12.1. The minimum absolute atomic E-state index is 0.354. The number of aliphatic hydroxyl groups excluding tert-OH is 2. The summed E-state index contributed by atoms with van der Waals surface area (Å²) < 4.78 is 5.08. The summed E-state index contributed by atoms with van der Waals surface area (Å²) in [6, 6.07) is 5.39. The Morgan fingerprint density at radius 1 is 1.38 bits per heavy atom. The van der Waals surface area contributed by atoms with Crippen molar-refractivity contribution < 1.29 is 14.9 Å². The molecule has 0 aromatic heterocycles. The number of benzene rings is 1. The Kier molecular flexibility index (Phi) is 4.73. The molecule has 1 aromatic carbocycles. The molecule has 2 unspecified atom stereocenters. The van der Waals surface area contributed by atoms with Gasteiger partial charge in [-0.25, -0.2) is 0 Å². The minimum atomic E-state index is -0.877. The van der Waals surface area contributed by atoms with Crippen LogP contribution in [0.3, 0.4) is 0 Å². The van der Waals surface area contributed by atoms with Crippen LogP contribution < -0.4 is 10.1 Å². The Labute approximate surface area is 95.9 Å². The molecule has 3 N–H and O–H groups in total. The second-order valence-corrected chi connectivity index (χ2v) is 3.79. The highest BCUT2D eigenvalue weighted by Crippen LogP contribution is 2.24. The number of hydrogen-bond donors (Lipinski definition) is 3. The van der Waals surface area contributed by atoms with Crippen LogP contribution in [0.1, 0.15) is 17.2 Å². The van der Waals surface area contributed by atoms with Crippen molar-refractivity contribution in [3.63, 3.8) is 0 Å². The van der Waals surface area contributed by atoms with Gasteiger partial charge < -0.3 is 20.3 Å². The summed E-state index contributed by atoms with van der Waals surface area (Å²) >= 11 is 0. The molecule has 0 spiro atoms. The van der Waals surface area contributed by atoms with Crippen LogP contribution in [0.2, 0.25) is 0 Å². The van der Waals surface area contributed by atoms with Gasteiger partial charge in [-0.15, -0.1) is 0 Å². The summed E-state index contributed by atoms with van der Waals surface area (Å²) in [6.45, 7) is 2.24. The fourth-order valence-electron chi connectivity index (χ4n) is 1.64. The zero-order valence-electron chi connectivity index (χ0n) is 9.90. The minimum Gasteiger partial charge on any atom is -0.497 e. The monoisotopic (exact) mass is 225 g/mol. The van der Waals surface area contributed by atoms with Gasteiger partial charge in [-0.1, -0.05) is 6.07 Å². The average Bonchev–Trinajstić information content (AvgIpc) is 2.28. The van der Waals surface area contributed by atoms with Crippen molar-refractivity contribution in [3.8, 4) is 5.75 Å². The highest BCUT2D eigenvalue weighted by molar-refractivity contribution is 5.36. The van der Waals surface area contributed by atoms with Crippen LogP contribution in [-0.2, 0) is 0 Å². The first-order valence-corrected chi connectivity index (χ1v) is 5.25. The fourth-order valence-corrected chi connectivity index (χ4v) is 1.64. The molecule has 0 saturated carbocycles. The molecule has 1 rings (SSSR count). The van der Waals surface area contributed by atoms with Gasteiger partial charge in [-0.05, 0) is 37.2 Å². The summed E-state index contributed by atoms with van der Waals surface area (Å²) in [6.07, 6.45) is -1.68. The van der Waals surface area contributed by atoms with Gasteiger partial charge in [-0.3, -0.25) is 0 Å². The topological polar surface area (TPSA) is 61.7 Å². The van der Waals surface area contributed by atoms with Crippen molar-refractivity contribution in [2.24, 2.45) is 0 Å². The van der Waals surface area contributed by atoms with Crippen LogP contribution in [0.5, 0.6) is 5.75 Å². The van der Waals surface area contributed by atoms with Gasteiger partial charge in [0.05, 0.1) is 13.2 Å². The molecule has 0 aliphatic carbocycles. The van der Waals surface area contributed by atoms with E-state index in [1.807, 2.05) is 13.0 Å². The Morgan fingerprint density at radius 2 is 2.06 bits per heavy atom. The lowest BCUT2D eigenvalue weighted by atomic mass is 9.99. The molecule has 0 heterocycles. The molecule has 90 valence electrons. The average molecular weight is 225 g/mol. The third-order valence-corrected chi connectivity index (χ3v) is 2.57. The van der Waals surface area contributed by atoms with E-state index in [2.05, 4.69) is 5.32 Å². The second-order valence-electron chi connectivity index (χ2n) is 3.79. The van der Waals surface area contributed by atoms with Gasteiger partial charge in [0, 0.05) is 6.54 Å². The number of likely N-dealkylation sites (N-methyl/N-ethyl adjacent to an activating group) is 1. The number of ether oxygens (including phenoxy) is 1. The van der Waals surface area contributed by atoms with Gasteiger partial charge in [0.2, 0.25) is 0 Å². The molecule has 4 heteroatoms. The Bertz CT molecular complexity index is 341. The van der Waals surface area contributed by atoms with Crippen molar-refractivity contribution in [1.29, 1.82) is 0 Å². The lowest BCUT2D eigenvalue weighted by molar-refractivity contribution is 0.0198. The maximum Gasteiger partial charge on any atom is 0.119 e. The van der Waals surface area contributed by atoms with E-state index in [9.17, 15) is 10.2 Å². The molecule has 0 saturated heterocycles. The summed E-state index contributed by atoms with van der Waals surface area (Å²) in [5.74, 6) is 0.747. The Balaban J connectivity index is 2.87. The Hall–Kier alpha value is -1.10. The van der Waals surface area contributed by atoms with E-state index < -0.39 is 12.2 Å². The molecular weight excluding hydrogens is 206 g/mol. The summed E-state index contributed by atoms with van der Waals surface area (Å²) in [4.78, 5) is 0. The van der Waals surface area contributed by atoms with E-state index in [0.29, 0.717) is 6.54 Å². The highest BCUT2D eigenvalue weighted by atomic mass is 16.5. The molecule has 1 aromatic rings. The number of hydrogen-bond acceptors (Lipinski definition) is 4. The van der Waals surface area contributed by atoms with Crippen molar-refractivity contribution in [1.82, 2.24) is 5.32 Å². The third kappa shape index (κ3) is 2.95. The van der Waals surface area contributed by atoms with Crippen molar-refractivity contribution in [3.05, 3.63) is 29.3 Å². The first-order valence-electron chi connectivity index (χ1n) is 5.25. The smallest absolute Gasteiger partial charge is 0.119 e. The second kappa shape index (κ2) is 5.84. The number of aryl methyl sites for hydroxylation is 1. The van der Waals surface area contributed by atoms with Gasteiger partial charge in [0.25, 0.3) is 0 Å². The molecule has 0 fully saturated rings. The third-order valence-electron chi connectivity index (χ3n) is 2.57. The van der Waals surface area contributed by atoms with Gasteiger partial charge in [0.15, 0.2) is 0 Å². The Morgan fingerprint density at radius 3 is 2.56 bits per heavy atom. The van der Waals surface area contributed by atoms with Crippen molar-refractivity contribution in [2.45, 2.75) is 19.1 Å². The summed E-state index contributed by atoms with van der Waals surface area (Å²) in [5, 5.41) is 22.4. The van der Waals surface area contributed by atoms with E-state index in [0.717, 1.165) is 16.9 Å². The molecule has 4 nitrogen and oxygen atoms in total. The largest absolute Gasteiger partial charge is 0.497 e. The van der Waals surface area contributed by atoms with E-state index in [1.165, 1.54) is 0 Å². The fraction of sp³-hybridized carbons (Fsp3) is 0.500. The van der Waals surface area contributed by atoms with E-state index >= 15 is 0 Å². The number of nitrogens with one attached hydrogen (secondary N) is 1. The van der Waals surface area contributed by atoms with Gasteiger partial charge in [-0.2, -0.15) is 0 Å². The molecule has 0 aliphatic rings. The molecule has 0 radical (unpaired) electrons. The van der Waals surface area contributed by atoms with Gasteiger partial charge >= 0.3 is 0 Å². The lowest BCUT2D eigenvalue weighted by Gasteiger charge is -2.20. The number of aliphatic hydroxyl groups is 2. The predicted molar refractivity (Wildman–Crippen MR) is 62.6 cm³/mol. The molecule has 0 amide bonds. The quantitative estimate of drug-likeness (QED) is 0.687. The van der Waals surface area contributed by atoms with Crippen LogP contribution in [-0.4, -0.2) is 37.0 Å². The summed E-state index contributed by atoms with van der Waals surface area (Å²) in [5.41, 5.74) is 1.63. The number of methoxy groups -OCH3 is 1. The zero-order valence-corrected chi connectivity index (χ0v) is 9.90. The maximum absolute atomic E-state index is 9.93. The van der Waals surface area contributed by atoms with E-state index in [1.54, 1.807) is 26.3 Å². The highest BCUT2D eigenvalue weighted by Gasteiger charge is 2.19. The SMILES string of the molecule is CNCC(O)C(O)c1ccc(OC)cc1C.